The summed E-state index contributed by atoms with van der Waals surface area (Å²) in [4.78, 5) is 27.4. The molecule has 0 unspecified atom stereocenters. The monoisotopic (exact) mass is 442 g/mol. The van der Waals surface area contributed by atoms with Crippen LogP contribution < -0.4 is 15.0 Å². The van der Waals surface area contributed by atoms with E-state index < -0.39 is 11.5 Å². The quantitative estimate of drug-likeness (QED) is 0.464. The van der Waals surface area contributed by atoms with Gasteiger partial charge in [-0.05, 0) is 24.6 Å². The molecule has 166 valence electrons. The molecule has 0 spiro atoms. The molecule has 1 N–H and O–H groups in total. The molecule has 4 aromatic rings. The Balaban J connectivity index is 1.73. The standard InChI is InChI=1S/C26H22N2O5/c1-15-9-19-21(33-26(30)24(19)25(29)27-15)10-17-14-28(13-16-7-5-4-6-8-16)20-11-18(31-2)12-22(32-3)23(17)20/h4-12,14H,13H2,1-3H3,(H,27,29). The van der Waals surface area contributed by atoms with Gasteiger partial charge in [-0.3, -0.25) is 4.79 Å². The number of methoxy groups -OCH3 is 2. The number of hydrogen-bond donors (Lipinski definition) is 1. The van der Waals surface area contributed by atoms with Gasteiger partial charge in [0.05, 0.1) is 19.7 Å². The lowest BCUT2D eigenvalue weighted by Crippen LogP contribution is -2.16. The highest BCUT2D eigenvalue weighted by Gasteiger charge is 2.30. The number of H-pyrrole nitrogens is 1. The minimum Gasteiger partial charge on any atom is -0.497 e. The molecular weight excluding hydrogens is 420 g/mol. The number of aryl methyl sites for hydroxylation is 1. The second kappa shape index (κ2) is 8.02. The minimum absolute atomic E-state index is 0.0218. The first-order valence-electron chi connectivity index (χ1n) is 10.5. The Morgan fingerprint density at radius 1 is 1.06 bits per heavy atom. The lowest BCUT2D eigenvalue weighted by atomic mass is 10.1. The fourth-order valence-corrected chi connectivity index (χ4v) is 4.23. The number of fused-ring (bicyclic) bond motifs is 2. The number of aromatic nitrogens is 2. The average molecular weight is 442 g/mol. The summed E-state index contributed by atoms with van der Waals surface area (Å²) in [7, 11) is 3.22. The summed E-state index contributed by atoms with van der Waals surface area (Å²) in [5.74, 6) is 0.986. The largest absolute Gasteiger partial charge is 0.497 e. The minimum atomic E-state index is -0.654. The number of hydrogen-bond acceptors (Lipinski definition) is 5. The third-order valence-electron chi connectivity index (χ3n) is 5.73. The number of nitrogens with zero attached hydrogens (tertiary/aromatic N) is 1. The van der Waals surface area contributed by atoms with Gasteiger partial charge in [-0.2, -0.15) is 0 Å². The van der Waals surface area contributed by atoms with E-state index in [0.29, 0.717) is 35.1 Å². The Morgan fingerprint density at radius 3 is 2.58 bits per heavy atom. The molecular formula is C26H22N2O5. The maximum Gasteiger partial charge on any atom is 0.349 e. The van der Waals surface area contributed by atoms with Crippen LogP contribution in [0.4, 0.5) is 0 Å². The molecule has 0 saturated heterocycles. The van der Waals surface area contributed by atoms with E-state index in [-0.39, 0.29) is 5.56 Å². The van der Waals surface area contributed by atoms with Crippen LogP contribution >= 0.6 is 0 Å². The number of ether oxygens (including phenoxy) is 3. The van der Waals surface area contributed by atoms with Crippen LogP contribution in [0.5, 0.6) is 11.5 Å². The molecule has 3 heterocycles. The number of esters is 1. The van der Waals surface area contributed by atoms with Crippen molar-refractivity contribution in [1.29, 1.82) is 0 Å². The molecule has 0 fully saturated rings. The molecule has 1 aliphatic rings. The summed E-state index contributed by atoms with van der Waals surface area (Å²) in [5, 5.41) is 0.854. The highest BCUT2D eigenvalue weighted by Crippen LogP contribution is 2.38. The number of pyridine rings is 1. The molecule has 1 aliphatic heterocycles. The molecule has 0 amide bonds. The number of aromatic amines is 1. The Bertz CT molecular complexity index is 1480. The van der Waals surface area contributed by atoms with Crippen molar-refractivity contribution < 1.29 is 19.0 Å². The van der Waals surface area contributed by atoms with Crippen LogP contribution in [0.25, 0.3) is 22.7 Å². The molecule has 0 atom stereocenters. The molecule has 0 radical (unpaired) electrons. The van der Waals surface area contributed by atoms with Crippen LogP contribution in [-0.4, -0.2) is 29.7 Å². The van der Waals surface area contributed by atoms with E-state index in [1.54, 1.807) is 33.3 Å². The van der Waals surface area contributed by atoms with Crippen molar-refractivity contribution in [3.05, 3.63) is 93.0 Å². The third-order valence-corrected chi connectivity index (χ3v) is 5.73. The number of cyclic esters (lactones) is 1. The van der Waals surface area contributed by atoms with E-state index in [1.807, 2.05) is 36.5 Å². The number of carbonyl (C=O) groups is 1. The smallest absolute Gasteiger partial charge is 0.349 e. The van der Waals surface area contributed by atoms with E-state index in [2.05, 4.69) is 21.7 Å². The first kappa shape index (κ1) is 20.6. The lowest BCUT2D eigenvalue weighted by Gasteiger charge is -2.10. The van der Waals surface area contributed by atoms with Gasteiger partial charge in [-0.15, -0.1) is 0 Å². The zero-order chi connectivity index (χ0) is 23.1. The maximum atomic E-state index is 12.4. The summed E-state index contributed by atoms with van der Waals surface area (Å²) in [6, 6.07) is 15.6. The molecule has 0 saturated carbocycles. The van der Waals surface area contributed by atoms with Gasteiger partial charge in [0.15, 0.2) is 0 Å². The van der Waals surface area contributed by atoms with Crippen molar-refractivity contribution in [2.24, 2.45) is 0 Å². The van der Waals surface area contributed by atoms with Gasteiger partial charge in [0, 0.05) is 47.1 Å². The molecule has 0 aliphatic carbocycles. The Kier molecular flexibility index (Phi) is 5.01. The fourth-order valence-electron chi connectivity index (χ4n) is 4.23. The van der Waals surface area contributed by atoms with Crippen molar-refractivity contribution in [2.75, 3.05) is 14.2 Å². The van der Waals surface area contributed by atoms with Crippen LogP contribution in [0.15, 0.2) is 59.5 Å². The second-order valence-electron chi connectivity index (χ2n) is 7.89. The van der Waals surface area contributed by atoms with E-state index in [1.165, 1.54) is 0 Å². The fraction of sp³-hybridized carbons (Fsp3) is 0.154. The summed E-state index contributed by atoms with van der Waals surface area (Å²) < 4.78 is 18.8. The Morgan fingerprint density at radius 2 is 1.85 bits per heavy atom. The first-order chi connectivity index (χ1) is 16.0. The highest BCUT2D eigenvalue weighted by atomic mass is 16.5. The van der Waals surface area contributed by atoms with Gasteiger partial charge in [0.2, 0.25) is 0 Å². The highest BCUT2D eigenvalue weighted by molar-refractivity contribution is 6.07. The summed E-state index contributed by atoms with van der Waals surface area (Å²) in [6.45, 7) is 2.40. The topological polar surface area (TPSA) is 82.6 Å². The van der Waals surface area contributed by atoms with Gasteiger partial charge in [-0.25, -0.2) is 4.79 Å². The lowest BCUT2D eigenvalue weighted by molar-refractivity contribution is 0.0715. The van der Waals surface area contributed by atoms with E-state index in [0.717, 1.165) is 22.0 Å². The van der Waals surface area contributed by atoms with Crippen molar-refractivity contribution in [2.45, 2.75) is 13.5 Å². The van der Waals surface area contributed by atoms with E-state index in [4.69, 9.17) is 14.2 Å². The number of carbonyl (C=O) groups excluding carboxylic acids is 1. The number of rotatable bonds is 5. The second-order valence-corrected chi connectivity index (χ2v) is 7.89. The molecule has 7 nitrogen and oxygen atoms in total. The molecule has 33 heavy (non-hydrogen) atoms. The number of nitrogens with one attached hydrogen (secondary N) is 1. The van der Waals surface area contributed by atoms with Crippen LogP contribution in [0.3, 0.4) is 0 Å². The van der Waals surface area contributed by atoms with Crippen LogP contribution in [0.1, 0.15) is 32.7 Å². The summed E-state index contributed by atoms with van der Waals surface area (Å²) in [5.41, 5.74) is 3.55. The van der Waals surface area contributed by atoms with Crippen molar-refractivity contribution >= 4 is 28.7 Å². The van der Waals surface area contributed by atoms with Crippen molar-refractivity contribution in [1.82, 2.24) is 9.55 Å². The van der Waals surface area contributed by atoms with Crippen LogP contribution in [0, 0.1) is 6.92 Å². The first-order valence-corrected chi connectivity index (χ1v) is 10.5. The normalized spacial score (nSPS) is 13.9. The predicted molar refractivity (Wildman–Crippen MR) is 126 cm³/mol. The molecule has 5 rings (SSSR count). The summed E-state index contributed by atoms with van der Waals surface area (Å²) in [6.07, 6.45) is 3.76. The number of benzene rings is 2. The van der Waals surface area contributed by atoms with Gasteiger partial charge in [-0.1, -0.05) is 30.3 Å². The predicted octanol–water partition coefficient (Wildman–Crippen LogP) is 4.37. The van der Waals surface area contributed by atoms with Gasteiger partial charge in [0.1, 0.15) is 22.8 Å². The third kappa shape index (κ3) is 3.57. The van der Waals surface area contributed by atoms with Crippen molar-refractivity contribution in [3.8, 4) is 11.5 Å². The Hall–Kier alpha value is -4.26. The molecule has 2 aromatic heterocycles. The molecule has 2 aromatic carbocycles. The molecule has 0 bridgehead atoms. The average Bonchev–Trinajstić information content (AvgIpc) is 3.31. The summed E-state index contributed by atoms with van der Waals surface area (Å²) >= 11 is 0. The van der Waals surface area contributed by atoms with E-state index in [9.17, 15) is 9.59 Å². The zero-order valence-corrected chi connectivity index (χ0v) is 18.5. The van der Waals surface area contributed by atoms with Gasteiger partial charge in [0.25, 0.3) is 5.56 Å². The van der Waals surface area contributed by atoms with Crippen molar-refractivity contribution in [3.63, 3.8) is 0 Å². The van der Waals surface area contributed by atoms with Gasteiger partial charge >= 0.3 is 5.97 Å². The SMILES string of the molecule is COc1cc(OC)c2c(C=C3OC(=O)c4c3cc(C)[nH]c4=O)cn(Cc3ccccc3)c2c1. The maximum absolute atomic E-state index is 12.4. The molecule has 7 heteroatoms. The van der Waals surface area contributed by atoms with Crippen LogP contribution in [0.2, 0.25) is 0 Å². The van der Waals surface area contributed by atoms with Gasteiger partial charge < -0.3 is 23.8 Å². The van der Waals surface area contributed by atoms with E-state index >= 15 is 0 Å². The van der Waals surface area contributed by atoms with Crippen LogP contribution in [-0.2, 0) is 11.3 Å². The Labute approximate surface area is 189 Å². The zero-order valence-electron chi connectivity index (χ0n) is 18.5.